The zero-order valence-electron chi connectivity index (χ0n) is 11.3. The molecule has 0 radical (unpaired) electrons. The highest BCUT2D eigenvalue weighted by molar-refractivity contribution is 5.49. The molecule has 2 heterocycles. The van der Waals surface area contributed by atoms with Crippen LogP contribution in [0.25, 0.3) is 11.5 Å². The van der Waals surface area contributed by atoms with E-state index in [1.807, 2.05) is 38.1 Å². The van der Waals surface area contributed by atoms with E-state index in [1.54, 1.807) is 0 Å². The van der Waals surface area contributed by atoms with Gasteiger partial charge in [-0.25, -0.2) is 20.8 Å². The molecule has 0 aliphatic carbocycles. The van der Waals surface area contributed by atoms with Gasteiger partial charge in [-0.1, -0.05) is 6.07 Å². The second-order valence-electron chi connectivity index (χ2n) is 4.46. The van der Waals surface area contributed by atoms with Crippen molar-refractivity contribution in [3.8, 4) is 11.5 Å². The van der Waals surface area contributed by atoms with Crippen LogP contribution in [-0.2, 0) is 11.3 Å². The highest BCUT2D eigenvalue weighted by Gasteiger charge is 2.06. The van der Waals surface area contributed by atoms with Gasteiger partial charge in [0.1, 0.15) is 5.69 Å². The van der Waals surface area contributed by atoms with Crippen molar-refractivity contribution in [3.05, 3.63) is 41.3 Å². The molecule has 0 aliphatic rings. The van der Waals surface area contributed by atoms with Crippen LogP contribution in [0.15, 0.2) is 24.3 Å². The number of hydrogen-bond donors (Lipinski definition) is 1. The Morgan fingerprint density at radius 3 is 2.68 bits per heavy atom. The molecular formula is C14H18N4O. The summed E-state index contributed by atoms with van der Waals surface area (Å²) >= 11 is 0. The summed E-state index contributed by atoms with van der Waals surface area (Å²) in [5.41, 5.74) is 3.69. The maximum atomic E-state index is 5.02. The fraction of sp³-hybridized carbons (Fsp3) is 0.357. The van der Waals surface area contributed by atoms with Crippen LogP contribution in [0.4, 0.5) is 0 Å². The molecule has 0 atom stereocenters. The number of pyridine rings is 1. The Hall–Kier alpha value is -1.85. The first-order valence-corrected chi connectivity index (χ1v) is 6.29. The SMILES string of the molecule is Cc1cccc(-c2nc(C)cc(CCCON)n2)n1. The predicted molar refractivity (Wildman–Crippen MR) is 73.2 cm³/mol. The minimum Gasteiger partial charge on any atom is -0.305 e. The second kappa shape index (κ2) is 6.36. The van der Waals surface area contributed by atoms with Crippen molar-refractivity contribution < 1.29 is 4.84 Å². The molecule has 0 fully saturated rings. The van der Waals surface area contributed by atoms with Gasteiger partial charge < -0.3 is 4.84 Å². The first-order chi connectivity index (χ1) is 9.19. The average Bonchev–Trinajstić information content (AvgIpc) is 2.38. The molecule has 0 bridgehead atoms. The fourth-order valence-corrected chi connectivity index (χ4v) is 1.88. The van der Waals surface area contributed by atoms with E-state index in [9.17, 15) is 0 Å². The van der Waals surface area contributed by atoms with E-state index in [4.69, 9.17) is 5.90 Å². The Kier molecular flexibility index (Phi) is 4.54. The number of aromatic nitrogens is 3. The molecule has 5 nitrogen and oxygen atoms in total. The molecular weight excluding hydrogens is 240 g/mol. The number of hydrogen-bond acceptors (Lipinski definition) is 5. The van der Waals surface area contributed by atoms with Crippen molar-refractivity contribution >= 4 is 0 Å². The molecule has 2 aromatic rings. The summed E-state index contributed by atoms with van der Waals surface area (Å²) in [5, 5.41) is 0. The molecule has 5 heteroatoms. The number of nitrogens with zero attached hydrogens (tertiary/aromatic N) is 3. The largest absolute Gasteiger partial charge is 0.305 e. The summed E-state index contributed by atoms with van der Waals surface area (Å²) in [6.07, 6.45) is 1.66. The van der Waals surface area contributed by atoms with Gasteiger partial charge in [0.05, 0.1) is 6.61 Å². The van der Waals surface area contributed by atoms with E-state index in [0.717, 1.165) is 35.6 Å². The first-order valence-electron chi connectivity index (χ1n) is 6.29. The van der Waals surface area contributed by atoms with Crippen LogP contribution in [0.2, 0.25) is 0 Å². The van der Waals surface area contributed by atoms with Gasteiger partial charge in [0.25, 0.3) is 0 Å². The van der Waals surface area contributed by atoms with Gasteiger partial charge in [-0.15, -0.1) is 0 Å². The topological polar surface area (TPSA) is 73.9 Å². The van der Waals surface area contributed by atoms with Crippen LogP contribution >= 0.6 is 0 Å². The molecule has 100 valence electrons. The average molecular weight is 258 g/mol. The maximum absolute atomic E-state index is 5.02. The van der Waals surface area contributed by atoms with Crippen LogP contribution in [0.1, 0.15) is 23.5 Å². The van der Waals surface area contributed by atoms with Gasteiger partial charge >= 0.3 is 0 Å². The van der Waals surface area contributed by atoms with Crippen molar-refractivity contribution in [3.63, 3.8) is 0 Å². The molecule has 0 saturated carbocycles. The summed E-state index contributed by atoms with van der Waals surface area (Å²) in [4.78, 5) is 18.0. The van der Waals surface area contributed by atoms with Gasteiger partial charge in [-0.2, -0.15) is 0 Å². The summed E-state index contributed by atoms with van der Waals surface area (Å²) in [5.74, 6) is 5.69. The highest BCUT2D eigenvalue weighted by Crippen LogP contribution is 2.14. The van der Waals surface area contributed by atoms with Crippen LogP contribution in [-0.4, -0.2) is 21.6 Å². The lowest BCUT2D eigenvalue weighted by molar-refractivity contribution is 0.135. The minimum atomic E-state index is 0.529. The van der Waals surface area contributed by atoms with Crippen LogP contribution < -0.4 is 5.90 Å². The van der Waals surface area contributed by atoms with Gasteiger partial charge in [0.15, 0.2) is 5.82 Å². The van der Waals surface area contributed by atoms with Crippen molar-refractivity contribution in [2.24, 2.45) is 5.90 Å². The molecule has 0 amide bonds. The Balaban J connectivity index is 2.26. The molecule has 19 heavy (non-hydrogen) atoms. The minimum absolute atomic E-state index is 0.529. The van der Waals surface area contributed by atoms with Gasteiger partial charge in [-0.05, 0) is 44.9 Å². The molecule has 0 aliphatic heterocycles. The lowest BCUT2D eigenvalue weighted by Gasteiger charge is -2.06. The van der Waals surface area contributed by atoms with Crippen LogP contribution in [0.5, 0.6) is 0 Å². The summed E-state index contributed by atoms with van der Waals surface area (Å²) < 4.78 is 0. The van der Waals surface area contributed by atoms with Crippen molar-refractivity contribution in [2.75, 3.05) is 6.61 Å². The summed E-state index contributed by atoms with van der Waals surface area (Å²) in [7, 11) is 0. The predicted octanol–water partition coefficient (Wildman–Crippen LogP) is 1.98. The molecule has 2 N–H and O–H groups in total. The third kappa shape index (κ3) is 3.81. The lowest BCUT2D eigenvalue weighted by atomic mass is 10.2. The van der Waals surface area contributed by atoms with Crippen LogP contribution in [0, 0.1) is 13.8 Å². The molecule has 2 rings (SSSR count). The van der Waals surface area contributed by atoms with Crippen molar-refractivity contribution in [1.82, 2.24) is 15.0 Å². The quantitative estimate of drug-likeness (QED) is 0.655. The first kappa shape index (κ1) is 13.6. The number of rotatable bonds is 5. The molecule has 2 aromatic heterocycles. The Morgan fingerprint density at radius 1 is 1.11 bits per heavy atom. The molecule has 0 aromatic carbocycles. The zero-order chi connectivity index (χ0) is 13.7. The van der Waals surface area contributed by atoms with Gasteiger partial charge in [0.2, 0.25) is 0 Å². The summed E-state index contributed by atoms with van der Waals surface area (Å²) in [6.45, 7) is 4.45. The van der Waals surface area contributed by atoms with Gasteiger partial charge in [0, 0.05) is 17.1 Å². The molecule has 0 saturated heterocycles. The van der Waals surface area contributed by atoms with E-state index >= 15 is 0 Å². The Morgan fingerprint density at radius 2 is 1.95 bits per heavy atom. The molecule has 0 unspecified atom stereocenters. The zero-order valence-corrected chi connectivity index (χ0v) is 11.3. The van der Waals surface area contributed by atoms with Crippen LogP contribution in [0.3, 0.4) is 0 Å². The monoisotopic (exact) mass is 258 g/mol. The van der Waals surface area contributed by atoms with E-state index in [1.165, 1.54) is 0 Å². The smallest absolute Gasteiger partial charge is 0.178 e. The fourth-order valence-electron chi connectivity index (χ4n) is 1.88. The Bertz CT molecular complexity index is 557. The van der Waals surface area contributed by atoms with Crippen molar-refractivity contribution in [1.29, 1.82) is 0 Å². The summed E-state index contributed by atoms with van der Waals surface area (Å²) in [6, 6.07) is 7.83. The molecule has 0 spiro atoms. The second-order valence-corrected chi connectivity index (χ2v) is 4.46. The number of nitrogens with two attached hydrogens (primary N) is 1. The lowest BCUT2D eigenvalue weighted by Crippen LogP contribution is -2.04. The van der Waals surface area contributed by atoms with E-state index in [2.05, 4.69) is 19.8 Å². The van der Waals surface area contributed by atoms with E-state index in [0.29, 0.717) is 12.4 Å². The standard InChI is InChI=1S/C14H18N4O/c1-10-5-3-7-13(16-10)14-17-11(2)9-12(18-14)6-4-8-19-15/h3,5,7,9H,4,6,8,15H2,1-2H3. The highest BCUT2D eigenvalue weighted by atomic mass is 16.6. The Labute approximate surface area is 112 Å². The third-order valence-electron chi connectivity index (χ3n) is 2.72. The van der Waals surface area contributed by atoms with Crippen molar-refractivity contribution in [2.45, 2.75) is 26.7 Å². The normalized spacial score (nSPS) is 10.7. The third-order valence-corrected chi connectivity index (χ3v) is 2.72. The van der Waals surface area contributed by atoms with E-state index < -0.39 is 0 Å². The van der Waals surface area contributed by atoms with Gasteiger partial charge in [-0.3, -0.25) is 0 Å². The number of aryl methyl sites for hydroxylation is 3. The van der Waals surface area contributed by atoms with E-state index in [-0.39, 0.29) is 0 Å². The maximum Gasteiger partial charge on any atom is 0.178 e.